The highest BCUT2D eigenvalue weighted by atomic mass is 19.1. The predicted octanol–water partition coefficient (Wildman–Crippen LogP) is 0.599. The molecule has 0 radical (unpaired) electrons. The molecule has 0 aromatic rings. The van der Waals surface area contributed by atoms with Crippen LogP contribution >= 0.6 is 0 Å². The zero-order chi connectivity index (χ0) is 8.69. The van der Waals surface area contributed by atoms with Gasteiger partial charge in [-0.1, -0.05) is 6.58 Å². The van der Waals surface area contributed by atoms with Gasteiger partial charge in [-0.3, -0.25) is 10.3 Å². The van der Waals surface area contributed by atoms with Crippen molar-refractivity contribution in [3.05, 3.63) is 12.3 Å². The first-order valence-corrected chi connectivity index (χ1v) is 3.48. The van der Waals surface area contributed by atoms with Crippen molar-refractivity contribution in [2.45, 2.75) is 13.1 Å². The molecule has 0 saturated heterocycles. The van der Waals surface area contributed by atoms with E-state index in [1.165, 1.54) is 0 Å². The number of rotatable bonds is 6. The van der Waals surface area contributed by atoms with Crippen molar-refractivity contribution < 1.29 is 9.23 Å². The van der Waals surface area contributed by atoms with Gasteiger partial charge in [0.2, 0.25) is 0 Å². The Kier molecular flexibility index (Phi) is 5.78. The molecule has 0 bridgehead atoms. The highest BCUT2D eigenvalue weighted by molar-refractivity contribution is 4.79. The van der Waals surface area contributed by atoms with E-state index in [-0.39, 0.29) is 6.61 Å². The third-order valence-corrected chi connectivity index (χ3v) is 0.936. The first-order valence-electron chi connectivity index (χ1n) is 3.48. The molecule has 0 aliphatic heterocycles. The highest BCUT2D eigenvalue weighted by Gasteiger charge is 2.03. The second-order valence-corrected chi connectivity index (χ2v) is 2.35. The van der Waals surface area contributed by atoms with Gasteiger partial charge in [0.15, 0.2) is 0 Å². The number of nitrogens with one attached hydrogen (secondary N) is 2. The molecule has 0 aliphatic carbocycles. The summed E-state index contributed by atoms with van der Waals surface area (Å²) in [7, 11) is 1.69. The Morgan fingerprint density at radius 2 is 2.36 bits per heavy atom. The van der Waals surface area contributed by atoms with Gasteiger partial charge >= 0.3 is 0 Å². The van der Waals surface area contributed by atoms with Crippen molar-refractivity contribution in [1.29, 1.82) is 0 Å². The van der Waals surface area contributed by atoms with Gasteiger partial charge in [-0.2, -0.15) is 0 Å². The zero-order valence-corrected chi connectivity index (χ0v) is 6.98. The first kappa shape index (κ1) is 10.4. The second kappa shape index (κ2) is 6.12. The molecule has 66 valence electrons. The van der Waals surface area contributed by atoms with Crippen molar-refractivity contribution in [3.8, 4) is 0 Å². The Bertz CT molecular complexity index is 119. The summed E-state index contributed by atoms with van der Waals surface area (Å²) in [5.74, 6) is 0. The van der Waals surface area contributed by atoms with E-state index in [1.807, 2.05) is 0 Å². The lowest BCUT2D eigenvalue weighted by molar-refractivity contribution is 0.0254. The van der Waals surface area contributed by atoms with Crippen LogP contribution in [0, 0.1) is 0 Å². The lowest BCUT2D eigenvalue weighted by atomic mass is 10.4. The van der Waals surface area contributed by atoms with E-state index >= 15 is 0 Å². The largest absolute Gasteiger partial charge is 0.317 e. The minimum Gasteiger partial charge on any atom is -0.317 e. The summed E-state index contributed by atoms with van der Waals surface area (Å²) < 4.78 is 12.6. The van der Waals surface area contributed by atoms with Crippen molar-refractivity contribution in [2.24, 2.45) is 0 Å². The topological polar surface area (TPSA) is 33.3 Å². The van der Waals surface area contributed by atoms with Crippen LogP contribution in [0.1, 0.15) is 6.92 Å². The molecule has 0 fully saturated rings. The normalized spacial score (nSPS) is 12.6. The quantitative estimate of drug-likeness (QED) is 0.561. The van der Waals surface area contributed by atoms with Crippen molar-refractivity contribution in [2.75, 3.05) is 20.2 Å². The highest BCUT2D eigenvalue weighted by Crippen LogP contribution is 1.89. The maximum Gasteiger partial charge on any atom is 0.138 e. The van der Waals surface area contributed by atoms with Gasteiger partial charge < -0.3 is 5.32 Å². The summed E-state index contributed by atoms with van der Waals surface area (Å²) in [6, 6.07) is 0. The molecule has 1 atom stereocenters. The molecule has 11 heavy (non-hydrogen) atoms. The maximum atomic E-state index is 12.6. The average molecular weight is 162 g/mol. The lowest BCUT2D eigenvalue weighted by Crippen LogP contribution is -2.27. The second-order valence-electron chi connectivity index (χ2n) is 2.35. The molecular weight excluding hydrogens is 147 g/mol. The third-order valence-electron chi connectivity index (χ3n) is 0.936. The molecule has 0 saturated carbocycles. The summed E-state index contributed by atoms with van der Waals surface area (Å²) in [5.41, 5.74) is 3.14. The summed E-state index contributed by atoms with van der Waals surface area (Å²) in [5, 5.41) is 2.70. The van der Waals surface area contributed by atoms with Crippen molar-refractivity contribution >= 4 is 0 Å². The molecule has 0 spiro atoms. The van der Waals surface area contributed by atoms with Gasteiger partial charge in [0.25, 0.3) is 0 Å². The molecular formula is C7H15FN2O. The minimum absolute atomic E-state index is 0.0354. The molecule has 0 amide bonds. The molecule has 1 unspecified atom stereocenters. The number of hydrogen-bond donors (Lipinski definition) is 2. The standard InChI is InChI=1S/C7H15FN2O/c1-6(2)10-11-5-7(8)4-9-3/h7,9-10H,1,4-5H2,2-3H3. The first-order chi connectivity index (χ1) is 5.16. The maximum absolute atomic E-state index is 12.6. The van der Waals surface area contributed by atoms with E-state index < -0.39 is 6.17 Å². The van der Waals surface area contributed by atoms with Gasteiger partial charge in [-0.05, 0) is 14.0 Å². The van der Waals surface area contributed by atoms with Crippen LogP contribution in [-0.2, 0) is 4.84 Å². The predicted molar refractivity (Wildman–Crippen MR) is 42.7 cm³/mol. The van der Waals surface area contributed by atoms with Crippen LogP contribution in [0.4, 0.5) is 4.39 Å². The molecule has 2 N–H and O–H groups in total. The van der Waals surface area contributed by atoms with Crippen molar-refractivity contribution in [1.82, 2.24) is 10.8 Å². The van der Waals surface area contributed by atoms with Gasteiger partial charge in [-0.15, -0.1) is 0 Å². The van der Waals surface area contributed by atoms with E-state index in [2.05, 4.69) is 17.4 Å². The van der Waals surface area contributed by atoms with Crippen LogP contribution in [0.3, 0.4) is 0 Å². The van der Waals surface area contributed by atoms with Gasteiger partial charge in [-0.25, -0.2) is 4.39 Å². The molecule has 0 aromatic heterocycles. The number of hydrogen-bond acceptors (Lipinski definition) is 3. The van der Waals surface area contributed by atoms with Crippen LogP contribution in [-0.4, -0.2) is 26.4 Å². The zero-order valence-electron chi connectivity index (χ0n) is 6.98. The van der Waals surface area contributed by atoms with Crippen LogP contribution in [0.5, 0.6) is 0 Å². The molecule has 3 nitrogen and oxygen atoms in total. The summed E-state index contributed by atoms with van der Waals surface area (Å²) >= 11 is 0. The van der Waals surface area contributed by atoms with E-state index in [4.69, 9.17) is 4.84 Å². The summed E-state index contributed by atoms with van der Waals surface area (Å²) in [6.07, 6.45) is -0.980. The van der Waals surface area contributed by atoms with E-state index in [0.29, 0.717) is 12.2 Å². The smallest absolute Gasteiger partial charge is 0.138 e. The fraction of sp³-hybridized carbons (Fsp3) is 0.714. The molecule has 4 heteroatoms. The van der Waals surface area contributed by atoms with Crippen LogP contribution in [0.2, 0.25) is 0 Å². The number of allylic oxidation sites excluding steroid dienone is 1. The fourth-order valence-electron chi connectivity index (χ4n) is 0.536. The number of alkyl halides is 1. The minimum atomic E-state index is -0.980. The molecule has 0 aromatic carbocycles. The van der Waals surface area contributed by atoms with Crippen LogP contribution in [0.25, 0.3) is 0 Å². The monoisotopic (exact) mass is 162 g/mol. The molecule has 0 rings (SSSR count). The van der Waals surface area contributed by atoms with Crippen LogP contribution in [0.15, 0.2) is 12.3 Å². The van der Waals surface area contributed by atoms with Crippen molar-refractivity contribution in [3.63, 3.8) is 0 Å². The fourth-order valence-corrected chi connectivity index (χ4v) is 0.536. The molecule has 0 heterocycles. The number of hydroxylamine groups is 1. The van der Waals surface area contributed by atoms with E-state index in [9.17, 15) is 4.39 Å². The van der Waals surface area contributed by atoms with E-state index in [1.54, 1.807) is 14.0 Å². The van der Waals surface area contributed by atoms with Gasteiger partial charge in [0, 0.05) is 12.2 Å². The Hall–Kier alpha value is -0.610. The Morgan fingerprint density at radius 1 is 1.73 bits per heavy atom. The molecule has 0 aliphatic rings. The Balaban J connectivity index is 3.16. The van der Waals surface area contributed by atoms with Crippen LogP contribution < -0.4 is 10.8 Å². The number of halogens is 1. The van der Waals surface area contributed by atoms with E-state index in [0.717, 1.165) is 0 Å². The van der Waals surface area contributed by atoms with Gasteiger partial charge in [0.05, 0.1) is 0 Å². The summed E-state index contributed by atoms with van der Waals surface area (Å²) in [4.78, 5) is 4.74. The SMILES string of the molecule is C=C(C)NOCC(F)CNC. The Morgan fingerprint density at radius 3 is 2.82 bits per heavy atom. The third kappa shape index (κ3) is 7.29. The van der Waals surface area contributed by atoms with Gasteiger partial charge in [0.1, 0.15) is 12.8 Å². The lowest BCUT2D eigenvalue weighted by Gasteiger charge is -2.08. The Labute approximate surface area is 66.6 Å². The average Bonchev–Trinajstić information content (AvgIpc) is 1.87. The summed E-state index contributed by atoms with van der Waals surface area (Å²) in [6.45, 7) is 5.60.